The minimum absolute atomic E-state index is 0. The van der Waals surface area contributed by atoms with Crippen molar-refractivity contribution < 1.29 is 4.74 Å². The number of aromatic nitrogens is 6. The molecule has 0 saturated carbocycles. The van der Waals surface area contributed by atoms with E-state index in [1.807, 2.05) is 50.2 Å². The van der Waals surface area contributed by atoms with E-state index in [0.717, 1.165) is 50.5 Å². The molecule has 1 N–H and O–H groups in total. The van der Waals surface area contributed by atoms with Gasteiger partial charge in [0.1, 0.15) is 12.4 Å². The van der Waals surface area contributed by atoms with Gasteiger partial charge in [0.2, 0.25) is 5.82 Å². The van der Waals surface area contributed by atoms with Crippen LogP contribution in [0.4, 0.5) is 0 Å². The van der Waals surface area contributed by atoms with E-state index >= 15 is 0 Å². The molecule has 5 rings (SSSR count). The van der Waals surface area contributed by atoms with Crippen LogP contribution in [-0.4, -0.2) is 30.6 Å². The fourth-order valence-electron chi connectivity index (χ4n) is 3.92. The molecule has 9 heteroatoms. The first-order chi connectivity index (χ1) is 16.2. The monoisotopic (exact) mass is 506 g/mol. The smallest absolute Gasteiger partial charge is 0.205 e. The number of halogens is 2. The number of aryl methyl sites for hydroxylation is 2. The van der Waals surface area contributed by atoms with E-state index in [9.17, 15) is 0 Å². The number of H-pyrrole nitrogens is 1. The average molecular weight is 507 g/mol. The van der Waals surface area contributed by atoms with Crippen LogP contribution in [0.1, 0.15) is 17.0 Å². The van der Waals surface area contributed by atoms with Crippen molar-refractivity contribution >= 4 is 24.8 Å². The lowest BCUT2D eigenvalue weighted by Gasteiger charge is -2.15. The number of nitrogens with one attached hydrogen (secondary N) is 1. The second kappa shape index (κ2) is 11.6. The molecule has 3 heterocycles. The third-order valence-corrected chi connectivity index (χ3v) is 5.43. The van der Waals surface area contributed by atoms with Gasteiger partial charge in [-0.05, 0) is 53.4 Å². The molecule has 0 radical (unpaired) electrons. The molecular formula is C26H24Cl2N6O. The second-order valence-corrected chi connectivity index (χ2v) is 7.72. The fourth-order valence-corrected chi connectivity index (χ4v) is 3.92. The Morgan fingerprint density at radius 3 is 2.23 bits per heavy atom. The summed E-state index contributed by atoms with van der Waals surface area (Å²) in [5.74, 6) is 1.39. The zero-order valence-electron chi connectivity index (χ0n) is 19.2. The predicted molar refractivity (Wildman–Crippen MR) is 141 cm³/mol. The quantitative estimate of drug-likeness (QED) is 0.302. The average Bonchev–Trinajstić information content (AvgIpc) is 3.38. The second-order valence-electron chi connectivity index (χ2n) is 7.72. The van der Waals surface area contributed by atoms with E-state index in [4.69, 9.17) is 4.74 Å². The van der Waals surface area contributed by atoms with E-state index in [0.29, 0.717) is 12.4 Å². The molecule has 0 atom stereocenters. The van der Waals surface area contributed by atoms with E-state index in [1.54, 1.807) is 12.4 Å². The molecule has 0 aliphatic heterocycles. The van der Waals surface area contributed by atoms with Crippen LogP contribution in [0.2, 0.25) is 0 Å². The molecule has 7 nitrogen and oxygen atoms in total. The lowest BCUT2D eigenvalue weighted by molar-refractivity contribution is 0.307. The highest BCUT2D eigenvalue weighted by atomic mass is 35.5. The minimum atomic E-state index is 0. The Balaban J connectivity index is 0.00000171. The van der Waals surface area contributed by atoms with Crippen LogP contribution in [0.15, 0.2) is 79.1 Å². The van der Waals surface area contributed by atoms with E-state index in [-0.39, 0.29) is 24.8 Å². The number of rotatable bonds is 6. The molecule has 0 amide bonds. The molecule has 0 bridgehead atoms. The first-order valence-electron chi connectivity index (χ1n) is 10.6. The van der Waals surface area contributed by atoms with Gasteiger partial charge in [-0.1, -0.05) is 48.5 Å². The molecule has 3 aromatic heterocycles. The van der Waals surface area contributed by atoms with Gasteiger partial charge in [0.05, 0.1) is 0 Å². The highest BCUT2D eigenvalue weighted by Crippen LogP contribution is 2.34. The predicted octanol–water partition coefficient (Wildman–Crippen LogP) is 6.03. The number of hydrogen-bond donors (Lipinski definition) is 1. The molecular weight excluding hydrogens is 483 g/mol. The van der Waals surface area contributed by atoms with Gasteiger partial charge in [-0.25, -0.2) is 0 Å². The van der Waals surface area contributed by atoms with Gasteiger partial charge in [0, 0.05) is 41.0 Å². The summed E-state index contributed by atoms with van der Waals surface area (Å²) in [6.07, 6.45) is 3.56. The third-order valence-electron chi connectivity index (χ3n) is 5.43. The van der Waals surface area contributed by atoms with E-state index in [2.05, 4.69) is 60.9 Å². The molecule has 5 aromatic rings. The van der Waals surface area contributed by atoms with Crippen LogP contribution in [0.3, 0.4) is 0 Å². The molecule has 0 fully saturated rings. The van der Waals surface area contributed by atoms with Crippen molar-refractivity contribution in [3.05, 3.63) is 96.1 Å². The van der Waals surface area contributed by atoms with Crippen LogP contribution in [-0.2, 0) is 6.61 Å². The summed E-state index contributed by atoms with van der Waals surface area (Å²) in [5, 5.41) is 14.4. The molecule has 2 aromatic carbocycles. The summed E-state index contributed by atoms with van der Waals surface area (Å²) in [4.78, 5) is 8.75. The van der Waals surface area contributed by atoms with Gasteiger partial charge in [-0.15, -0.1) is 35.0 Å². The normalized spacial score (nSPS) is 10.2. The molecule has 35 heavy (non-hydrogen) atoms. The van der Waals surface area contributed by atoms with Gasteiger partial charge < -0.3 is 4.74 Å². The van der Waals surface area contributed by atoms with Crippen LogP contribution in [0, 0.1) is 13.8 Å². The maximum absolute atomic E-state index is 6.27. The van der Waals surface area contributed by atoms with Crippen molar-refractivity contribution in [2.24, 2.45) is 0 Å². The molecule has 0 aliphatic rings. The van der Waals surface area contributed by atoms with Gasteiger partial charge >= 0.3 is 0 Å². The van der Waals surface area contributed by atoms with Crippen LogP contribution < -0.4 is 4.74 Å². The van der Waals surface area contributed by atoms with E-state index in [1.165, 1.54) is 0 Å². The lowest BCUT2D eigenvalue weighted by atomic mass is 9.98. The van der Waals surface area contributed by atoms with Crippen molar-refractivity contribution in [3.8, 4) is 39.4 Å². The summed E-state index contributed by atoms with van der Waals surface area (Å²) in [5.41, 5.74) is 8.02. The number of benzene rings is 2. The Hall–Kier alpha value is -3.81. The number of ether oxygens (including phenoxy) is 1. The lowest BCUT2D eigenvalue weighted by Crippen LogP contribution is -2.01. The third kappa shape index (κ3) is 5.65. The first-order valence-corrected chi connectivity index (χ1v) is 10.6. The Morgan fingerprint density at radius 1 is 0.829 bits per heavy atom. The molecule has 0 unspecified atom stereocenters. The summed E-state index contributed by atoms with van der Waals surface area (Å²) < 4.78 is 6.27. The fraction of sp³-hybridized carbons (Fsp3) is 0.115. The molecule has 178 valence electrons. The zero-order chi connectivity index (χ0) is 22.6. The van der Waals surface area contributed by atoms with Crippen LogP contribution >= 0.6 is 24.8 Å². The van der Waals surface area contributed by atoms with Gasteiger partial charge in [-0.2, -0.15) is 5.21 Å². The minimum Gasteiger partial charge on any atom is -0.488 e. The van der Waals surface area contributed by atoms with Crippen molar-refractivity contribution in [1.82, 2.24) is 30.6 Å². The van der Waals surface area contributed by atoms with Crippen LogP contribution in [0.5, 0.6) is 5.75 Å². The highest BCUT2D eigenvalue weighted by Gasteiger charge is 2.13. The SMILES string of the molecule is Cc1cc(OCc2ccc(-c3ccccc3-c3nn[nH]n3)cc2)c(-c2ccncc2)c(C)n1.Cl.Cl. The summed E-state index contributed by atoms with van der Waals surface area (Å²) in [6, 6.07) is 22.3. The summed E-state index contributed by atoms with van der Waals surface area (Å²) >= 11 is 0. The van der Waals surface area contributed by atoms with E-state index < -0.39 is 0 Å². The number of aromatic amines is 1. The Kier molecular flexibility index (Phi) is 8.52. The van der Waals surface area contributed by atoms with Crippen molar-refractivity contribution in [2.75, 3.05) is 0 Å². The van der Waals surface area contributed by atoms with Gasteiger partial charge in [-0.3, -0.25) is 9.97 Å². The number of nitrogens with zero attached hydrogens (tertiary/aromatic N) is 5. The van der Waals surface area contributed by atoms with Gasteiger partial charge in [0.15, 0.2) is 0 Å². The maximum Gasteiger partial charge on any atom is 0.205 e. The topological polar surface area (TPSA) is 89.5 Å². The molecule has 0 aliphatic carbocycles. The summed E-state index contributed by atoms with van der Waals surface area (Å²) in [6.45, 7) is 4.44. The summed E-state index contributed by atoms with van der Waals surface area (Å²) in [7, 11) is 0. The zero-order valence-corrected chi connectivity index (χ0v) is 20.8. The number of hydrogen-bond acceptors (Lipinski definition) is 6. The maximum atomic E-state index is 6.27. The highest BCUT2D eigenvalue weighted by molar-refractivity contribution is 5.85. The van der Waals surface area contributed by atoms with Gasteiger partial charge in [0.25, 0.3) is 0 Å². The van der Waals surface area contributed by atoms with Crippen molar-refractivity contribution in [3.63, 3.8) is 0 Å². The van der Waals surface area contributed by atoms with Crippen molar-refractivity contribution in [1.29, 1.82) is 0 Å². The largest absolute Gasteiger partial charge is 0.488 e. The number of tetrazole rings is 1. The number of pyridine rings is 2. The molecule has 0 spiro atoms. The van der Waals surface area contributed by atoms with Crippen molar-refractivity contribution in [2.45, 2.75) is 20.5 Å². The Bertz CT molecular complexity index is 1380. The Morgan fingerprint density at radius 2 is 1.54 bits per heavy atom. The molecule has 0 saturated heterocycles. The first kappa shape index (κ1) is 25.8. The Labute approximate surface area is 215 Å². The standard InChI is InChI=1S/C26H22N6O.2ClH/c1-17-15-24(25(18(2)28-17)21-11-13-27-14-12-21)33-16-19-7-9-20(10-8-19)22-5-3-4-6-23(22)26-29-31-32-30-26;;/h3-15H,16H2,1-2H3,(H,29,30,31,32);2*1H. The van der Waals surface area contributed by atoms with Crippen LogP contribution in [0.25, 0.3) is 33.6 Å².